The molecule has 0 bridgehead atoms. The van der Waals surface area contributed by atoms with Crippen molar-refractivity contribution in [3.05, 3.63) is 29.6 Å². The van der Waals surface area contributed by atoms with Crippen LogP contribution in [0, 0.1) is 6.92 Å². The second kappa shape index (κ2) is 7.76. The summed E-state index contributed by atoms with van der Waals surface area (Å²) < 4.78 is 5.25. The third-order valence-corrected chi connectivity index (χ3v) is 3.60. The number of pyridine rings is 1. The Bertz CT molecular complexity index is 502. The van der Waals surface area contributed by atoms with Crippen molar-refractivity contribution in [2.75, 3.05) is 13.1 Å². The molecule has 0 saturated carbocycles. The van der Waals surface area contributed by atoms with Gasteiger partial charge in [0.25, 0.3) is 0 Å². The van der Waals surface area contributed by atoms with E-state index in [1.807, 2.05) is 19.1 Å². The van der Waals surface area contributed by atoms with Gasteiger partial charge in [0.2, 0.25) is 5.91 Å². The first kappa shape index (κ1) is 15.5. The van der Waals surface area contributed by atoms with E-state index in [0.717, 1.165) is 36.9 Å². The minimum absolute atomic E-state index is 0.0584. The summed E-state index contributed by atoms with van der Waals surface area (Å²) in [6.07, 6.45) is 6.33. The molecule has 0 atom stereocenters. The van der Waals surface area contributed by atoms with E-state index in [-0.39, 0.29) is 25.0 Å². The highest BCUT2D eigenvalue weighted by molar-refractivity contribution is 5.82. The van der Waals surface area contributed by atoms with Crippen molar-refractivity contribution in [3.8, 4) is 0 Å². The lowest BCUT2D eigenvalue weighted by Gasteiger charge is -2.23. The van der Waals surface area contributed by atoms with E-state index in [1.54, 1.807) is 11.1 Å². The van der Waals surface area contributed by atoms with Crippen LogP contribution in [-0.2, 0) is 20.9 Å². The Morgan fingerprint density at radius 3 is 2.95 bits per heavy atom. The highest BCUT2D eigenvalue weighted by Crippen LogP contribution is 2.12. The van der Waals surface area contributed by atoms with Gasteiger partial charge < -0.3 is 9.64 Å². The summed E-state index contributed by atoms with van der Waals surface area (Å²) in [6, 6.07) is 3.70. The SMILES string of the molecule is Cc1cc(COC(=O)CN2CCCCCCC2=O)ccn1. The first-order valence-corrected chi connectivity index (χ1v) is 7.50. The molecule has 1 saturated heterocycles. The predicted octanol–water partition coefficient (Wildman–Crippen LogP) is 2.23. The van der Waals surface area contributed by atoms with Crippen LogP contribution in [0.2, 0.25) is 0 Å². The number of likely N-dealkylation sites (tertiary alicyclic amines) is 1. The zero-order valence-corrected chi connectivity index (χ0v) is 12.5. The lowest BCUT2D eigenvalue weighted by atomic mass is 10.1. The molecule has 1 aromatic heterocycles. The van der Waals surface area contributed by atoms with E-state index in [4.69, 9.17) is 4.74 Å². The van der Waals surface area contributed by atoms with Gasteiger partial charge >= 0.3 is 5.97 Å². The molecule has 1 aromatic rings. The van der Waals surface area contributed by atoms with Crippen molar-refractivity contribution < 1.29 is 14.3 Å². The molecule has 1 fully saturated rings. The van der Waals surface area contributed by atoms with Crippen LogP contribution in [0.1, 0.15) is 43.4 Å². The van der Waals surface area contributed by atoms with Gasteiger partial charge in [0.05, 0.1) is 0 Å². The number of hydrogen-bond acceptors (Lipinski definition) is 4. The molecule has 1 aliphatic rings. The third-order valence-electron chi connectivity index (χ3n) is 3.60. The van der Waals surface area contributed by atoms with Gasteiger partial charge in [-0.3, -0.25) is 14.6 Å². The summed E-state index contributed by atoms with van der Waals surface area (Å²) in [4.78, 5) is 29.5. The molecule has 0 unspecified atom stereocenters. The molecule has 0 spiro atoms. The number of amides is 1. The Morgan fingerprint density at radius 1 is 1.33 bits per heavy atom. The maximum atomic E-state index is 11.9. The molecule has 0 radical (unpaired) electrons. The minimum atomic E-state index is -0.349. The Kier molecular flexibility index (Phi) is 5.72. The van der Waals surface area contributed by atoms with Crippen LogP contribution in [0.3, 0.4) is 0 Å². The van der Waals surface area contributed by atoms with E-state index < -0.39 is 0 Å². The molecule has 21 heavy (non-hydrogen) atoms. The van der Waals surface area contributed by atoms with E-state index >= 15 is 0 Å². The van der Waals surface area contributed by atoms with Gasteiger partial charge in [-0.1, -0.05) is 12.8 Å². The van der Waals surface area contributed by atoms with Gasteiger partial charge in [-0.05, 0) is 37.5 Å². The predicted molar refractivity (Wildman–Crippen MR) is 78.4 cm³/mol. The van der Waals surface area contributed by atoms with Crippen LogP contribution >= 0.6 is 0 Å². The fraction of sp³-hybridized carbons (Fsp3) is 0.562. The summed E-state index contributed by atoms with van der Waals surface area (Å²) in [5, 5.41) is 0. The average molecular weight is 290 g/mol. The average Bonchev–Trinajstić information content (AvgIpc) is 2.45. The molecule has 5 nitrogen and oxygen atoms in total. The van der Waals surface area contributed by atoms with Crippen molar-refractivity contribution in [1.82, 2.24) is 9.88 Å². The van der Waals surface area contributed by atoms with Crippen LogP contribution in [0.4, 0.5) is 0 Å². The highest BCUT2D eigenvalue weighted by Gasteiger charge is 2.19. The molecular weight excluding hydrogens is 268 g/mol. The second-order valence-corrected chi connectivity index (χ2v) is 5.45. The highest BCUT2D eigenvalue weighted by atomic mass is 16.5. The quantitative estimate of drug-likeness (QED) is 0.798. The number of hydrogen-bond donors (Lipinski definition) is 0. The molecule has 1 amide bonds. The van der Waals surface area contributed by atoms with E-state index in [9.17, 15) is 9.59 Å². The number of aryl methyl sites for hydroxylation is 1. The van der Waals surface area contributed by atoms with Gasteiger partial charge in [0.1, 0.15) is 13.2 Å². The fourth-order valence-electron chi connectivity index (χ4n) is 2.44. The molecule has 0 aromatic carbocycles. The normalized spacial score (nSPS) is 16.2. The van der Waals surface area contributed by atoms with Crippen molar-refractivity contribution >= 4 is 11.9 Å². The summed E-state index contributed by atoms with van der Waals surface area (Å²) in [6.45, 7) is 2.83. The zero-order valence-electron chi connectivity index (χ0n) is 12.5. The summed E-state index contributed by atoms with van der Waals surface area (Å²) in [5.41, 5.74) is 1.80. The molecule has 2 heterocycles. The van der Waals surface area contributed by atoms with E-state index in [1.165, 1.54) is 0 Å². The van der Waals surface area contributed by atoms with E-state index in [0.29, 0.717) is 13.0 Å². The molecule has 2 rings (SSSR count). The zero-order chi connectivity index (χ0) is 15.1. The van der Waals surface area contributed by atoms with Crippen LogP contribution in [-0.4, -0.2) is 34.8 Å². The topological polar surface area (TPSA) is 59.5 Å². The molecule has 114 valence electrons. The standard InChI is InChI=1S/C16H22N2O3/c1-13-10-14(7-8-17-13)12-21-16(20)11-18-9-5-3-2-4-6-15(18)19/h7-8,10H,2-6,9,11-12H2,1H3. The Morgan fingerprint density at radius 2 is 2.14 bits per heavy atom. The van der Waals surface area contributed by atoms with Crippen molar-refractivity contribution in [3.63, 3.8) is 0 Å². The number of ether oxygens (including phenoxy) is 1. The minimum Gasteiger partial charge on any atom is -0.459 e. The molecule has 0 N–H and O–H groups in total. The van der Waals surface area contributed by atoms with Crippen molar-refractivity contribution in [1.29, 1.82) is 0 Å². The number of nitrogens with zero attached hydrogens (tertiary/aromatic N) is 2. The van der Waals surface area contributed by atoms with Crippen LogP contribution < -0.4 is 0 Å². The number of aromatic nitrogens is 1. The van der Waals surface area contributed by atoms with E-state index in [2.05, 4.69) is 4.98 Å². The summed E-state index contributed by atoms with van der Waals surface area (Å²) in [5.74, 6) is -0.287. The molecular formula is C16H22N2O3. The Balaban J connectivity index is 1.81. The second-order valence-electron chi connectivity index (χ2n) is 5.45. The van der Waals surface area contributed by atoms with Crippen LogP contribution in [0.25, 0.3) is 0 Å². The maximum absolute atomic E-state index is 11.9. The van der Waals surface area contributed by atoms with Gasteiger partial charge in [-0.25, -0.2) is 0 Å². The maximum Gasteiger partial charge on any atom is 0.325 e. The lowest BCUT2D eigenvalue weighted by Crippen LogP contribution is -2.37. The van der Waals surface area contributed by atoms with Crippen molar-refractivity contribution in [2.24, 2.45) is 0 Å². The molecule has 0 aliphatic carbocycles. The third kappa shape index (κ3) is 5.17. The number of rotatable bonds is 4. The fourth-order valence-corrected chi connectivity index (χ4v) is 2.44. The summed E-state index contributed by atoms with van der Waals surface area (Å²) in [7, 11) is 0. The Labute approximate surface area is 125 Å². The first-order chi connectivity index (χ1) is 10.1. The van der Waals surface area contributed by atoms with Gasteiger partial charge in [-0.15, -0.1) is 0 Å². The van der Waals surface area contributed by atoms with Crippen LogP contribution in [0.5, 0.6) is 0 Å². The molecule has 1 aliphatic heterocycles. The van der Waals surface area contributed by atoms with Gasteiger partial charge in [-0.2, -0.15) is 0 Å². The van der Waals surface area contributed by atoms with Gasteiger partial charge in [0, 0.05) is 24.9 Å². The molecule has 5 heteroatoms. The number of carbonyl (C=O) groups excluding carboxylic acids is 2. The summed E-state index contributed by atoms with van der Waals surface area (Å²) >= 11 is 0. The number of carbonyl (C=O) groups is 2. The monoisotopic (exact) mass is 290 g/mol. The van der Waals surface area contributed by atoms with Crippen LogP contribution in [0.15, 0.2) is 18.3 Å². The first-order valence-electron chi connectivity index (χ1n) is 7.50. The Hall–Kier alpha value is -1.91. The lowest BCUT2D eigenvalue weighted by molar-refractivity contribution is -0.150. The smallest absolute Gasteiger partial charge is 0.325 e. The number of esters is 1. The van der Waals surface area contributed by atoms with Gasteiger partial charge in [0.15, 0.2) is 0 Å². The largest absolute Gasteiger partial charge is 0.459 e. The van der Waals surface area contributed by atoms with Crippen molar-refractivity contribution in [2.45, 2.75) is 45.6 Å².